The second-order valence-electron chi connectivity index (χ2n) is 5.68. The normalized spacial score (nSPS) is 27.2. The van der Waals surface area contributed by atoms with Crippen molar-refractivity contribution in [3.05, 3.63) is 41.5 Å². The van der Waals surface area contributed by atoms with E-state index in [4.69, 9.17) is 0 Å². The molecule has 2 atom stereocenters. The molecule has 0 bridgehead atoms. The molecular weight excluding hydrogens is 274 g/mol. The molecule has 108 valence electrons. The molecular formula is C15H19NO3S. The van der Waals surface area contributed by atoms with E-state index < -0.39 is 16.1 Å². The van der Waals surface area contributed by atoms with Crippen LogP contribution in [-0.2, 0) is 10.0 Å². The SMILES string of the molecule is Cc1ccc(S(=O)(=O)N2CC[C@H]3C[C@@H](O)C=C3C2)cc1. The average molecular weight is 293 g/mol. The van der Waals surface area contributed by atoms with Crippen molar-refractivity contribution in [1.29, 1.82) is 0 Å². The number of fused-ring (bicyclic) bond motifs is 1. The van der Waals surface area contributed by atoms with E-state index >= 15 is 0 Å². The molecule has 0 amide bonds. The highest BCUT2D eigenvalue weighted by molar-refractivity contribution is 7.89. The summed E-state index contributed by atoms with van der Waals surface area (Å²) in [5, 5.41) is 9.65. The quantitative estimate of drug-likeness (QED) is 0.844. The van der Waals surface area contributed by atoms with E-state index in [-0.39, 0.29) is 0 Å². The largest absolute Gasteiger partial charge is 0.389 e. The van der Waals surface area contributed by atoms with Gasteiger partial charge in [-0.2, -0.15) is 4.31 Å². The molecule has 2 aliphatic rings. The zero-order valence-electron chi connectivity index (χ0n) is 11.5. The van der Waals surface area contributed by atoms with Crippen LogP contribution in [0.4, 0.5) is 0 Å². The van der Waals surface area contributed by atoms with E-state index in [9.17, 15) is 13.5 Å². The van der Waals surface area contributed by atoms with Gasteiger partial charge in [0.05, 0.1) is 11.0 Å². The van der Waals surface area contributed by atoms with Crippen LogP contribution in [0.25, 0.3) is 0 Å². The smallest absolute Gasteiger partial charge is 0.243 e. The van der Waals surface area contributed by atoms with E-state index in [1.54, 1.807) is 12.1 Å². The number of aryl methyl sites for hydroxylation is 1. The van der Waals surface area contributed by atoms with Crippen LogP contribution in [0.15, 0.2) is 40.8 Å². The van der Waals surface area contributed by atoms with Gasteiger partial charge in [0.15, 0.2) is 0 Å². The number of piperidine rings is 1. The number of hydrogen-bond donors (Lipinski definition) is 1. The number of aliphatic hydroxyl groups excluding tert-OH is 1. The van der Waals surface area contributed by atoms with Gasteiger partial charge in [-0.05, 0) is 37.8 Å². The van der Waals surface area contributed by atoms with E-state index in [1.807, 2.05) is 25.1 Å². The number of nitrogens with zero attached hydrogens (tertiary/aromatic N) is 1. The van der Waals surface area contributed by atoms with Gasteiger partial charge in [-0.15, -0.1) is 0 Å². The molecule has 1 aromatic carbocycles. The van der Waals surface area contributed by atoms with Crippen LogP contribution in [0.5, 0.6) is 0 Å². The summed E-state index contributed by atoms with van der Waals surface area (Å²) in [6.45, 7) is 2.88. The molecule has 0 spiro atoms. The Bertz CT molecular complexity index is 634. The van der Waals surface area contributed by atoms with Crippen LogP contribution in [0.1, 0.15) is 18.4 Å². The first-order valence-corrected chi connectivity index (χ1v) is 8.36. The van der Waals surface area contributed by atoms with Crippen molar-refractivity contribution in [2.45, 2.75) is 30.8 Å². The van der Waals surface area contributed by atoms with Crippen LogP contribution in [0, 0.1) is 12.8 Å². The molecule has 0 aromatic heterocycles. The molecule has 0 unspecified atom stereocenters. The minimum atomic E-state index is -3.42. The van der Waals surface area contributed by atoms with Crippen molar-refractivity contribution in [3.63, 3.8) is 0 Å². The molecule has 0 saturated carbocycles. The number of benzene rings is 1. The molecule has 1 aromatic rings. The van der Waals surface area contributed by atoms with Gasteiger partial charge < -0.3 is 5.11 Å². The Labute approximate surface area is 119 Å². The fourth-order valence-electron chi connectivity index (χ4n) is 3.03. The predicted molar refractivity (Wildman–Crippen MR) is 76.8 cm³/mol. The lowest BCUT2D eigenvalue weighted by molar-refractivity contribution is 0.202. The van der Waals surface area contributed by atoms with Gasteiger partial charge in [-0.25, -0.2) is 8.42 Å². The fourth-order valence-corrected chi connectivity index (χ4v) is 4.47. The van der Waals surface area contributed by atoms with Crippen LogP contribution < -0.4 is 0 Å². The highest BCUT2D eigenvalue weighted by atomic mass is 32.2. The van der Waals surface area contributed by atoms with Crippen LogP contribution >= 0.6 is 0 Å². The van der Waals surface area contributed by atoms with Gasteiger partial charge >= 0.3 is 0 Å². The second kappa shape index (κ2) is 4.98. The molecule has 20 heavy (non-hydrogen) atoms. The highest BCUT2D eigenvalue weighted by Crippen LogP contribution is 2.35. The second-order valence-corrected chi connectivity index (χ2v) is 7.62. The molecule has 3 rings (SSSR count). The van der Waals surface area contributed by atoms with Crippen LogP contribution in [0.2, 0.25) is 0 Å². The lowest BCUT2D eigenvalue weighted by Crippen LogP contribution is -2.39. The van der Waals surface area contributed by atoms with Crippen molar-refractivity contribution in [1.82, 2.24) is 4.31 Å². The third-order valence-corrected chi connectivity index (χ3v) is 6.06. The standard InChI is InChI=1S/C15H19NO3S/c1-11-2-4-15(5-3-11)20(18,19)16-7-6-12-8-14(17)9-13(12)10-16/h2-5,9,12,14,17H,6-8,10H2,1H3/t12-,14+/m0/s1. The molecule has 1 saturated heterocycles. The average Bonchev–Trinajstić information content (AvgIpc) is 2.78. The summed E-state index contributed by atoms with van der Waals surface area (Å²) in [5.74, 6) is 0.356. The van der Waals surface area contributed by atoms with Gasteiger partial charge in [0.1, 0.15) is 0 Å². The van der Waals surface area contributed by atoms with Crippen molar-refractivity contribution in [3.8, 4) is 0 Å². The van der Waals surface area contributed by atoms with Crippen molar-refractivity contribution in [2.24, 2.45) is 5.92 Å². The van der Waals surface area contributed by atoms with Gasteiger partial charge in [0.2, 0.25) is 10.0 Å². The Morgan fingerprint density at radius 1 is 1.25 bits per heavy atom. The topological polar surface area (TPSA) is 57.6 Å². The first kappa shape index (κ1) is 13.8. The third kappa shape index (κ3) is 2.41. The Balaban J connectivity index is 1.85. The maximum Gasteiger partial charge on any atom is 0.243 e. The van der Waals surface area contributed by atoms with E-state index in [0.717, 1.165) is 24.0 Å². The highest BCUT2D eigenvalue weighted by Gasteiger charge is 2.35. The first-order chi connectivity index (χ1) is 9.46. The van der Waals surface area contributed by atoms with E-state index in [0.29, 0.717) is 23.9 Å². The van der Waals surface area contributed by atoms with Crippen molar-refractivity contribution < 1.29 is 13.5 Å². The monoisotopic (exact) mass is 293 g/mol. The number of sulfonamides is 1. The Morgan fingerprint density at radius 2 is 1.95 bits per heavy atom. The summed E-state index contributed by atoms with van der Waals surface area (Å²) < 4.78 is 26.7. The van der Waals surface area contributed by atoms with Crippen LogP contribution in [-0.4, -0.2) is 37.0 Å². The molecule has 4 nitrogen and oxygen atoms in total. The zero-order chi connectivity index (χ0) is 14.3. The number of rotatable bonds is 2. The lowest BCUT2D eigenvalue weighted by Gasteiger charge is -2.31. The molecule has 1 N–H and O–H groups in total. The number of hydrogen-bond acceptors (Lipinski definition) is 3. The summed E-state index contributed by atoms with van der Waals surface area (Å²) in [7, 11) is -3.42. The number of aliphatic hydroxyl groups is 1. The first-order valence-electron chi connectivity index (χ1n) is 6.92. The summed E-state index contributed by atoms with van der Waals surface area (Å²) in [6.07, 6.45) is 2.96. The van der Waals surface area contributed by atoms with E-state index in [1.165, 1.54) is 4.31 Å². The molecule has 0 radical (unpaired) electrons. The van der Waals surface area contributed by atoms with Gasteiger partial charge in [0.25, 0.3) is 0 Å². The van der Waals surface area contributed by atoms with Crippen molar-refractivity contribution in [2.75, 3.05) is 13.1 Å². The van der Waals surface area contributed by atoms with E-state index in [2.05, 4.69) is 0 Å². The minimum absolute atomic E-state index is 0.348. The molecule has 5 heteroatoms. The molecule has 1 aliphatic heterocycles. The summed E-state index contributed by atoms with van der Waals surface area (Å²) >= 11 is 0. The Kier molecular flexibility index (Phi) is 3.44. The summed E-state index contributed by atoms with van der Waals surface area (Å²) in [6, 6.07) is 6.96. The third-order valence-electron chi connectivity index (χ3n) is 4.20. The van der Waals surface area contributed by atoms with Gasteiger partial charge in [0, 0.05) is 13.1 Å². The summed E-state index contributed by atoms with van der Waals surface area (Å²) in [4.78, 5) is 0.348. The molecule has 1 aliphatic carbocycles. The van der Waals surface area contributed by atoms with Crippen LogP contribution in [0.3, 0.4) is 0 Å². The maximum atomic E-state index is 12.6. The predicted octanol–water partition coefficient (Wildman–Crippen LogP) is 1.70. The molecule has 1 heterocycles. The Hall–Kier alpha value is -1.17. The zero-order valence-corrected chi connectivity index (χ0v) is 12.3. The van der Waals surface area contributed by atoms with Gasteiger partial charge in [-0.3, -0.25) is 0 Å². The summed E-state index contributed by atoms with van der Waals surface area (Å²) in [5.41, 5.74) is 2.11. The maximum absolute atomic E-state index is 12.6. The Morgan fingerprint density at radius 3 is 2.65 bits per heavy atom. The van der Waals surface area contributed by atoms with Crippen molar-refractivity contribution >= 4 is 10.0 Å². The lowest BCUT2D eigenvalue weighted by atomic mass is 9.94. The molecule has 1 fully saturated rings. The van der Waals surface area contributed by atoms with Gasteiger partial charge in [-0.1, -0.05) is 29.3 Å². The minimum Gasteiger partial charge on any atom is -0.389 e. The fraction of sp³-hybridized carbons (Fsp3) is 0.467.